The van der Waals surface area contributed by atoms with Gasteiger partial charge in [-0.15, -0.1) is 22.9 Å². The summed E-state index contributed by atoms with van der Waals surface area (Å²) in [6.45, 7) is 1.97. The van der Waals surface area contributed by atoms with E-state index in [-0.39, 0.29) is 0 Å². The largest absolute Gasteiger partial charge is 0.468 e. The summed E-state index contributed by atoms with van der Waals surface area (Å²) in [5.41, 5.74) is 0. The van der Waals surface area contributed by atoms with E-state index in [0.29, 0.717) is 0 Å². The van der Waals surface area contributed by atoms with E-state index in [2.05, 4.69) is 4.74 Å². The third-order valence-electron chi connectivity index (χ3n) is 1.42. The first-order valence-corrected chi connectivity index (χ1v) is 4.68. The van der Waals surface area contributed by atoms with Crippen LogP contribution in [0.25, 0.3) is 0 Å². The fourth-order valence-corrected chi connectivity index (χ4v) is 1.95. The van der Waals surface area contributed by atoms with Crippen molar-refractivity contribution >= 4 is 28.9 Å². The van der Waals surface area contributed by atoms with Crippen molar-refractivity contribution in [2.24, 2.45) is 0 Å². The number of aryl methyl sites for hydroxylation is 1. The number of halogens is 1. The quantitative estimate of drug-likeness (QED) is 0.547. The predicted molar refractivity (Wildman–Crippen MR) is 49.7 cm³/mol. The number of esters is 1. The van der Waals surface area contributed by atoms with E-state index in [1.165, 1.54) is 18.4 Å². The molecule has 4 heteroatoms. The van der Waals surface area contributed by atoms with E-state index in [1.54, 1.807) is 0 Å². The van der Waals surface area contributed by atoms with Crippen LogP contribution in [-0.2, 0) is 9.53 Å². The minimum atomic E-state index is -0.659. The van der Waals surface area contributed by atoms with Crippen molar-refractivity contribution < 1.29 is 9.53 Å². The highest BCUT2D eigenvalue weighted by atomic mass is 35.5. The van der Waals surface area contributed by atoms with E-state index in [4.69, 9.17) is 11.6 Å². The fraction of sp³-hybridized carbons (Fsp3) is 0.375. The Labute approximate surface area is 80.1 Å². The lowest BCUT2D eigenvalue weighted by Crippen LogP contribution is -2.06. The number of carbonyl (C=O) groups is 1. The van der Waals surface area contributed by atoms with Gasteiger partial charge in [-0.1, -0.05) is 0 Å². The zero-order valence-corrected chi connectivity index (χ0v) is 8.41. The second-order valence-electron chi connectivity index (χ2n) is 2.33. The second kappa shape index (κ2) is 3.92. The smallest absolute Gasteiger partial charge is 0.329 e. The van der Waals surface area contributed by atoms with Crippen LogP contribution >= 0.6 is 22.9 Å². The lowest BCUT2D eigenvalue weighted by Gasteiger charge is -2.02. The fourth-order valence-electron chi connectivity index (χ4n) is 0.809. The number of alkyl halides is 1. The number of hydrogen-bond acceptors (Lipinski definition) is 3. The van der Waals surface area contributed by atoms with Crippen LogP contribution in [0.15, 0.2) is 12.1 Å². The number of rotatable bonds is 2. The molecule has 12 heavy (non-hydrogen) atoms. The van der Waals surface area contributed by atoms with Crippen molar-refractivity contribution in [3.05, 3.63) is 21.9 Å². The van der Waals surface area contributed by atoms with Crippen LogP contribution < -0.4 is 0 Å². The van der Waals surface area contributed by atoms with E-state index in [1.807, 2.05) is 19.1 Å². The Morgan fingerprint density at radius 3 is 2.75 bits per heavy atom. The molecule has 66 valence electrons. The molecule has 1 unspecified atom stereocenters. The van der Waals surface area contributed by atoms with Crippen molar-refractivity contribution in [3.8, 4) is 0 Å². The Kier molecular flexibility index (Phi) is 3.12. The molecule has 0 aliphatic carbocycles. The summed E-state index contributed by atoms with van der Waals surface area (Å²) in [7, 11) is 1.33. The highest BCUT2D eigenvalue weighted by molar-refractivity contribution is 7.12. The maximum Gasteiger partial charge on any atom is 0.329 e. The summed E-state index contributed by atoms with van der Waals surface area (Å²) in [6, 6.07) is 3.77. The van der Waals surface area contributed by atoms with E-state index in [0.717, 1.165) is 9.75 Å². The Bertz CT molecular complexity index is 282. The minimum Gasteiger partial charge on any atom is -0.468 e. The Morgan fingerprint density at radius 2 is 2.33 bits per heavy atom. The lowest BCUT2D eigenvalue weighted by molar-refractivity contribution is -0.140. The monoisotopic (exact) mass is 204 g/mol. The van der Waals surface area contributed by atoms with Crippen LogP contribution in [0.2, 0.25) is 0 Å². The van der Waals surface area contributed by atoms with E-state index < -0.39 is 11.3 Å². The number of methoxy groups -OCH3 is 1. The van der Waals surface area contributed by atoms with Gasteiger partial charge >= 0.3 is 5.97 Å². The van der Waals surface area contributed by atoms with Gasteiger partial charge in [-0.2, -0.15) is 0 Å². The van der Waals surface area contributed by atoms with Gasteiger partial charge in [0.25, 0.3) is 0 Å². The molecule has 0 bridgehead atoms. The van der Waals surface area contributed by atoms with Crippen LogP contribution in [0.3, 0.4) is 0 Å². The van der Waals surface area contributed by atoms with Gasteiger partial charge in [0.15, 0.2) is 5.38 Å². The summed E-state index contributed by atoms with van der Waals surface area (Å²) in [6.07, 6.45) is 0. The molecule has 0 N–H and O–H groups in total. The number of hydrogen-bond donors (Lipinski definition) is 0. The highest BCUT2D eigenvalue weighted by Crippen LogP contribution is 2.28. The normalized spacial score (nSPS) is 12.6. The van der Waals surface area contributed by atoms with Gasteiger partial charge < -0.3 is 4.74 Å². The van der Waals surface area contributed by atoms with Gasteiger partial charge in [-0.3, -0.25) is 4.79 Å². The first-order valence-electron chi connectivity index (χ1n) is 3.43. The lowest BCUT2D eigenvalue weighted by atomic mass is 10.3. The predicted octanol–water partition coefficient (Wildman–Crippen LogP) is 2.51. The number of ether oxygens (including phenoxy) is 1. The van der Waals surface area contributed by atoms with Crippen molar-refractivity contribution in [3.63, 3.8) is 0 Å². The van der Waals surface area contributed by atoms with Gasteiger partial charge in [0.2, 0.25) is 0 Å². The van der Waals surface area contributed by atoms with Crippen LogP contribution in [0, 0.1) is 6.92 Å². The van der Waals surface area contributed by atoms with Gasteiger partial charge in [-0.25, -0.2) is 0 Å². The first kappa shape index (κ1) is 9.55. The topological polar surface area (TPSA) is 26.3 Å². The molecule has 0 radical (unpaired) electrons. The molecule has 1 atom stereocenters. The van der Waals surface area contributed by atoms with E-state index >= 15 is 0 Å². The van der Waals surface area contributed by atoms with Crippen LogP contribution in [0.4, 0.5) is 0 Å². The summed E-state index contributed by atoms with van der Waals surface area (Å²) >= 11 is 7.31. The molecule has 0 amide bonds. The standard InChI is InChI=1S/C8H9ClO2S/c1-5-3-4-6(12-5)7(9)8(10)11-2/h3-4,7H,1-2H3. The van der Waals surface area contributed by atoms with Crippen LogP contribution in [-0.4, -0.2) is 13.1 Å². The molecule has 0 fully saturated rings. The third-order valence-corrected chi connectivity index (χ3v) is 3.03. The average Bonchev–Trinajstić information content (AvgIpc) is 2.49. The van der Waals surface area contributed by atoms with Gasteiger partial charge in [-0.05, 0) is 19.1 Å². The van der Waals surface area contributed by atoms with E-state index in [9.17, 15) is 4.79 Å². The number of thiophene rings is 1. The molecule has 0 aromatic carbocycles. The molecule has 0 saturated carbocycles. The Balaban J connectivity index is 2.77. The summed E-state index contributed by atoms with van der Waals surface area (Å²) < 4.78 is 4.51. The van der Waals surface area contributed by atoms with Gasteiger partial charge in [0.1, 0.15) is 0 Å². The molecule has 0 aliphatic heterocycles. The molecule has 1 rings (SSSR count). The summed E-state index contributed by atoms with van der Waals surface area (Å²) in [4.78, 5) is 12.9. The van der Waals surface area contributed by atoms with Crippen molar-refractivity contribution in [1.29, 1.82) is 0 Å². The highest BCUT2D eigenvalue weighted by Gasteiger charge is 2.19. The average molecular weight is 205 g/mol. The third kappa shape index (κ3) is 1.99. The summed E-state index contributed by atoms with van der Waals surface area (Å²) in [5, 5.41) is -0.659. The summed E-state index contributed by atoms with van der Waals surface area (Å²) in [5.74, 6) is -0.404. The minimum absolute atomic E-state index is 0.404. The zero-order valence-electron chi connectivity index (χ0n) is 6.83. The SMILES string of the molecule is COC(=O)C(Cl)c1ccc(C)s1. The molecule has 0 aliphatic rings. The molecule has 1 aromatic heterocycles. The molecule has 0 saturated heterocycles. The van der Waals surface area contributed by atoms with Crippen molar-refractivity contribution in [2.75, 3.05) is 7.11 Å². The molecule has 2 nitrogen and oxygen atoms in total. The van der Waals surface area contributed by atoms with Crippen molar-refractivity contribution in [1.82, 2.24) is 0 Å². The maximum absolute atomic E-state index is 11.0. The molecule has 1 aromatic rings. The van der Waals surface area contributed by atoms with Crippen molar-refractivity contribution in [2.45, 2.75) is 12.3 Å². The Hall–Kier alpha value is -0.540. The van der Waals surface area contributed by atoms with Gasteiger partial charge in [0.05, 0.1) is 7.11 Å². The first-order chi connectivity index (χ1) is 5.65. The van der Waals surface area contributed by atoms with Crippen LogP contribution in [0.1, 0.15) is 15.1 Å². The van der Waals surface area contributed by atoms with Crippen LogP contribution in [0.5, 0.6) is 0 Å². The maximum atomic E-state index is 11.0. The number of carbonyl (C=O) groups excluding carboxylic acids is 1. The zero-order chi connectivity index (χ0) is 9.14. The molecular formula is C8H9ClO2S. The molecule has 0 spiro atoms. The second-order valence-corrected chi connectivity index (χ2v) is 4.09. The Morgan fingerprint density at radius 1 is 1.67 bits per heavy atom. The molecular weight excluding hydrogens is 196 g/mol. The molecule has 1 heterocycles. The van der Waals surface area contributed by atoms with Gasteiger partial charge in [0, 0.05) is 9.75 Å².